The molecule has 2 unspecified atom stereocenters. The Hall–Kier alpha value is -0.470. The molecule has 106 valence electrons. The summed E-state index contributed by atoms with van der Waals surface area (Å²) in [6, 6.07) is 7.55. The molecule has 1 fully saturated rings. The highest BCUT2D eigenvalue weighted by atomic mass is 32.2. The average Bonchev–Trinajstić information content (AvgIpc) is 2.75. The van der Waals surface area contributed by atoms with Crippen molar-refractivity contribution in [3.63, 3.8) is 0 Å². The molecular formula is C17H27NS. The van der Waals surface area contributed by atoms with E-state index < -0.39 is 0 Å². The van der Waals surface area contributed by atoms with E-state index in [0.29, 0.717) is 10.8 Å². The maximum absolute atomic E-state index is 3.73. The minimum atomic E-state index is 0.410. The second kappa shape index (κ2) is 6.32. The van der Waals surface area contributed by atoms with Crippen molar-refractivity contribution >= 4 is 11.8 Å². The number of benzene rings is 1. The Bertz CT molecular complexity index is 401. The maximum atomic E-state index is 3.73. The zero-order valence-electron chi connectivity index (χ0n) is 12.8. The molecule has 2 heteroatoms. The molecule has 1 aliphatic rings. The zero-order chi connectivity index (χ0) is 13.9. The number of aryl methyl sites for hydroxylation is 2. The Morgan fingerprint density at radius 3 is 2.47 bits per heavy atom. The van der Waals surface area contributed by atoms with Crippen molar-refractivity contribution in [1.82, 2.24) is 5.32 Å². The van der Waals surface area contributed by atoms with Crippen molar-refractivity contribution in [2.45, 2.75) is 57.7 Å². The standard InChI is InChI=1S/C17H27NS/c1-5-18-16(17(4)7-6-8-19-17)12-15-10-13(2)9-14(3)11-15/h9-11,16,18H,5-8,12H2,1-4H3. The lowest BCUT2D eigenvalue weighted by Gasteiger charge is -2.34. The van der Waals surface area contributed by atoms with Crippen molar-refractivity contribution in [2.75, 3.05) is 12.3 Å². The van der Waals surface area contributed by atoms with E-state index in [-0.39, 0.29) is 0 Å². The first-order valence-electron chi connectivity index (χ1n) is 7.48. The van der Waals surface area contributed by atoms with Crippen LogP contribution in [0.1, 0.15) is 43.4 Å². The zero-order valence-corrected chi connectivity index (χ0v) is 13.6. The van der Waals surface area contributed by atoms with Gasteiger partial charge in [-0.15, -0.1) is 0 Å². The molecule has 19 heavy (non-hydrogen) atoms. The van der Waals surface area contributed by atoms with Crippen molar-refractivity contribution in [2.24, 2.45) is 0 Å². The minimum absolute atomic E-state index is 0.410. The molecule has 1 N–H and O–H groups in total. The van der Waals surface area contributed by atoms with Crippen LogP contribution in [-0.4, -0.2) is 23.1 Å². The molecule has 0 bridgehead atoms. The molecule has 0 radical (unpaired) electrons. The van der Waals surface area contributed by atoms with Gasteiger partial charge in [0.2, 0.25) is 0 Å². The second-order valence-corrected chi connectivity index (χ2v) is 7.70. The predicted octanol–water partition coefficient (Wildman–Crippen LogP) is 4.11. The lowest BCUT2D eigenvalue weighted by Crippen LogP contribution is -2.46. The lowest BCUT2D eigenvalue weighted by molar-refractivity contribution is 0.406. The van der Waals surface area contributed by atoms with Crippen LogP contribution in [0.25, 0.3) is 0 Å². The summed E-state index contributed by atoms with van der Waals surface area (Å²) in [5, 5.41) is 3.73. The lowest BCUT2D eigenvalue weighted by atomic mass is 9.90. The first-order chi connectivity index (χ1) is 9.03. The van der Waals surface area contributed by atoms with Gasteiger partial charge in [0.25, 0.3) is 0 Å². The van der Waals surface area contributed by atoms with Gasteiger partial charge in [-0.1, -0.05) is 36.2 Å². The number of likely N-dealkylation sites (N-methyl/N-ethyl adjacent to an activating group) is 1. The third-order valence-electron chi connectivity index (χ3n) is 4.16. The molecule has 2 rings (SSSR count). The first-order valence-corrected chi connectivity index (χ1v) is 8.46. The summed E-state index contributed by atoms with van der Waals surface area (Å²) in [7, 11) is 0. The third-order valence-corrected chi connectivity index (χ3v) is 5.80. The van der Waals surface area contributed by atoms with Crippen LogP contribution in [-0.2, 0) is 6.42 Å². The Balaban J connectivity index is 2.15. The second-order valence-electron chi connectivity index (χ2n) is 6.08. The molecule has 2 atom stereocenters. The highest BCUT2D eigenvalue weighted by molar-refractivity contribution is 8.00. The number of hydrogen-bond acceptors (Lipinski definition) is 2. The van der Waals surface area contributed by atoms with Crippen molar-refractivity contribution < 1.29 is 0 Å². The summed E-state index contributed by atoms with van der Waals surface area (Å²) in [6.07, 6.45) is 3.87. The van der Waals surface area contributed by atoms with Crippen molar-refractivity contribution in [1.29, 1.82) is 0 Å². The fraction of sp³-hybridized carbons (Fsp3) is 0.647. The largest absolute Gasteiger partial charge is 0.313 e. The molecule has 1 heterocycles. The van der Waals surface area contributed by atoms with Gasteiger partial charge in [0, 0.05) is 10.8 Å². The molecule has 1 aliphatic heterocycles. The Morgan fingerprint density at radius 2 is 1.95 bits per heavy atom. The van der Waals surface area contributed by atoms with Gasteiger partial charge in [-0.3, -0.25) is 0 Å². The molecule has 0 amide bonds. The Labute approximate surface area is 122 Å². The SMILES string of the molecule is CCNC(Cc1cc(C)cc(C)c1)C1(C)CCCS1. The summed E-state index contributed by atoms with van der Waals surface area (Å²) in [6.45, 7) is 10.1. The normalized spacial score (nSPS) is 24.6. The number of rotatable bonds is 5. The van der Waals surface area contributed by atoms with Gasteiger partial charge in [-0.25, -0.2) is 0 Å². The number of hydrogen-bond donors (Lipinski definition) is 1. The highest BCUT2D eigenvalue weighted by Crippen LogP contribution is 2.41. The summed E-state index contributed by atoms with van der Waals surface area (Å²) in [4.78, 5) is 0. The molecular weight excluding hydrogens is 250 g/mol. The fourth-order valence-electron chi connectivity index (χ4n) is 3.25. The van der Waals surface area contributed by atoms with E-state index in [4.69, 9.17) is 0 Å². The van der Waals surface area contributed by atoms with Crippen LogP contribution in [0.5, 0.6) is 0 Å². The topological polar surface area (TPSA) is 12.0 Å². The van der Waals surface area contributed by atoms with Crippen molar-refractivity contribution in [3.8, 4) is 0 Å². The molecule has 1 saturated heterocycles. The third kappa shape index (κ3) is 3.76. The number of thioether (sulfide) groups is 1. The van der Waals surface area contributed by atoms with Crippen molar-refractivity contribution in [3.05, 3.63) is 34.9 Å². The molecule has 0 aliphatic carbocycles. The Morgan fingerprint density at radius 1 is 1.26 bits per heavy atom. The van der Waals surface area contributed by atoms with Crippen LogP contribution in [0.2, 0.25) is 0 Å². The van der Waals surface area contributed by atoms with Crippen LogP contribution in [0.15, 0.2) is 18.2 Å². The average molecular weight is 277 g/mol. The van der Waals surface area contributed by atoms with E-state index in [1.54, 1.807) is 0 Å². The summed E-state index contributed by atoms with van der Waals surface area (Å²) in [5.41, 5.74) is 4.25. The van der Waals surface area contributed by atoms with E-state index in [1.165, 1.54) is 35.3 Å². The van der Waals surface area contributed by atoms with Gasteiger partial charge in [-0.05, 0) is 57.9 Å². The van der Waals surface area contributed by atoms with E-state index in [2.05, 4.69) is 63.0 Å². The molecule has 1 aromatic rings. The highest BCUT2D eigenvalue weighted by Gasteiger charge is 2.37. The van der Waals surface area contributed by atoms with Crippen LogP contribution < -0.4 is 5.32 Å². The van der Waals surface area contributed by atoms with Gasteiger partial charge in [0.1, 0.15) is 0 Å². The summed E-state index contributed by atoms with van der Waals surface area (Å²) in [5.74, 6) is 1.32. The molecule has 0 spiro atoms. The maximum Gasteiger partial charge on any atom is 0.0288 e. The first kappa shape index (κ1) is 14.9. The smallest absolute Gasteiger partial charge is 0.0288 e. The van der Waals surface area contributed by atoms with Crippen LogP contribution >= 0.6 is 11.8 Å². The molecule has 0 aromatic heterocycles. The van der Waals surface area contributed by atoms with E-state index in [0.717, 1.165) is 13.0 Å². The predicted molar refractivity (Wildman–Crippen MR) is 87.2 cm³/mol. The molecule has 1 aromatic carbocycles. The van der Waals surface area contributed by atoms with Gasteiger partial charge in [0.05, 0.1) is 0 Å². The fourth-order valence-corrected chi connectivity index (χ4v) is 4.66. The summed E-state index contributed by atoms with van der Waals surface area (Å²) >= 11 is 2.16. The van der Waals surface area contributed by atoms with Gasteiger partial charge in [-0.2, -0.15) is 11.8 Å². The Kier molecular flexibility index (Phi) is 4.97. The van der Waals surface area contributed by atoms with E-state index in [9.17, 15) is 0 Å². The quantitative estimate of drug-likeness (QED) is 0.869. The van der Waals surface area contributed by atoms with Gasteiger partial charge >= 0.3 is 0 Å². The minimum Gasteiger partial charge on any atom is -0.313 e. The monoisotopic (exact) mass is 277 g/mol. The van der Waals surface area contributed by atoms with Crippen LogP contribution in [0, 0.1) is 13.8 Å². The number of nitrogens with one attached hydrogen (secondary N) is 1. The van der Waals surface area contributed by atoms with Gasteiger partial charge in [0.15, 0.2) is 0 Å². The molecule has 0 saturated carbocycles. The van der Waals surface area contributed by atoms with E-state index in [1.807, 2.05) is 0 Å². The van der Waals surface area contributed by atoms with Crippen LogP contribution in [0.4, 0.5) is 0 Å². The van der Waals surface area contributed by atoms with Gasteiger partial charge < -0.3 is 5.32 Å². The van der Waals surface area contributed by atoms with Crippen LogP contribution in [0.3, 0.4) is 0 Å². The molecule has 1 nitrogen and oxygen atoms in total. The van der Waals surface area contributed by atoms with E-state index >= 15 is 0 Å². The summed E-state index contributed by atoms with van der Waals surface area (Å²) < 4.78 is 0.410.